The van der Waals surface area contributed by atoms with E-state index in [1.165, 1.54) is 60.6 Å². The summed E-state index contributed by atoms with van der Waals surface area (Å²) in [6, 6.07) is 70.0. The molecule has 0 atom stereocenters. The molecular formula is C53H38N2O. The third kappa shape index (κ3) is 4.91. The fraction of sp³-hybridized carbons (Fsp3) is 0.0566. The normalized spacial score (nSPS) is 13.4. The molecule has 0 aliphatic carbocycles. The van der Waals surface area contributed by atoms with Crippen LogP contribution >= 0.6 is 0 Å². The molecule has 3 nitrogen and oxygen atoms in total. The summed E-state index contributed by atoms with van der Waals surface area (Å²) in [5, 5.41) is 4.79. The molecule has 3 heteroatoms. The molecule has 0 amide bonds. The van der Waals surface area contributed by atoms with Crippen LogP contribution in [0.2, 0.25) is 0 Å². The van der Waals surface area contributed by atoms with Crippen LogP contribution in [0.4, 0.5) is 34.1 Å². The van der Waals surface area contributed by atoms with Crippen molar-refractivity contribution < 1.29 is 4.74 Å². The van der Waals surface area contributed by atoms with E-state index >= 15 is 0 Å². The van der Waals surface area contributed by atoms with Crippen LogP contribution in [-0.4, -0.2) is 0 Å². The van der Waals surface area contributed by atoms with Gasteiger partial charge in [0.05, 0.1) is 22.7 Å². The third-order valence-corrected chi connectivity index (χ3v) is 11.8. The molecule has 0 N–H and O–H groups in total. The third-order valence-electron chi connectivity index (χ3n) is 11.8. The number of rotatable bonds is 5. The largest absolute Gasteiger partial charge is 0.453 e. The quantitative estimate of drug-likeness (QED) is 0.176. The lowest BCUT2D eigenvalue weighted by Gasteiger charge is -2.46. The van der Waals surface area contributed by atoms with Crippen molar-refractivity contribution in [1.82, 2.24) is 0 Å². The molecule has 9 aromatic rings. The Morgan fingerprint density at radius 1 is 0.446 bits per heavy atom. The maximum atomic E-state index is 6.80. The van der Waals surface area contributed by atoms with E-state index in [-0.39, 0.29) is 5.41 Å². The van der Waals surface area contributed by atoms with E-state index < -0.39 is 0 Å². The lowest BCUT2D eigenvalue weighted by Crippen LogP contribution is -2.33. The first-order valence-corrected chi connectivity index (χ1v) is 19.4. The van der Waals surface area contributed by atoms with Gasteiger partial charge in [0.1, 0.15) is 0 Å². The Morgan fingerprint density at radius 3 is 1.79 bits per heavy atom. The van der Waals surface area contributed by atoms with E-state index in [2.05, 4.69) is 218 Å². The second-order valence-electron chi connectivity index (χ2n) is 15.3. The van der Waals surface area contributed by atoms with Gasteiger partial charge in [-0.05, 0) is 92.7 Å². The van der Waals surface area contributed by atoms with Gasteiger partial charge in [-0.3, -0.25) is 0 Å². The van der Waals surface area contributed by atoms with E-state index in [4.69, 9.17) is 4.74 Å². The molecule has 0 fully saturated rings. The number of hydrogen-bond acceptors (Lipinski definition) is 3. The minimum atomic E-state index is -0.298. The topological polar surface area (TPSA) is 15.7 Å². The SMILES string of the molecule is CC1(C)c2ccccc2N2c3c(ccc(-c4ccc(N(c5ccc(-c6ccccc6)cc5)c5cccc6ccccc56)cc4)c31)Oc1ccc3ccccc3c12. The molecule has 9 aromatic carbocycles. The van der Waals surface area contributed by atoms with E-state index in [0.29, 0.717) is 0 Å². The second-order valence-corrected chi connectivity index (χ2v) is 15.3. The zero-order valence-corrected chi connectivity index (χ0v) is 31.3. The van der Waals surface area contributed by atoms with Crippen LogP contribution in [0.1, 0.15) is 25.0 Å². The number of fused-ring (bicyclic) bond motifs is 7. The van der Waals surface area contributed by atoms with Gasteiger partial charge in [0, 0.05) is 27.6 Å². The van der Waals surface area contributed by atoms with E-state index in [1.54, 1.807) is 0 Å². The summed E-state index contributed by atoms with van der Waals surface area (Å²) in [4.78, 5) is 4.85. The van der Waals surface area contributed by atoms with E-state index in [1.807, 2.05) is 0 Å². The molecule has 0 unspecified atom stereocenters. The first-order valence-electron chi connectivity index (χ1n) is 19.4. The number of nitrogens with zero attached hydrogens (tertiary/aromatic N) is 2. The van der Waals surface area contributed by atoms with Crippen molar-refractivity contribution in [3.63, 3.8) is 0 Å². The standard InChI is InChI=1S/C53H38N2O/c1-53(2)45-20-10-11-21-47(45)55-51-44-19-9-7-16-38(44)27-33-48(51)56-49-34-32-43(50(53)52(49)55)39-25-30-41(31-26-39)54(46-22-12-17-37-15-6-8-18-42(37)46)40-28-23-36(24-29-40)35-13-4-3-5-14-35/h3-34H,1-2H3. The van der Waals surface area contributed by atoms with Gasteiger partial charge in [-0.15, -0.1) is 0 Å². The van der Waals surface area contributed by atoms with Gasteiger partial charge < -0.3 is 14.5 Å². The Kier molecular flexibility index (Phi) is 7.20. The summed E-state index contributed by atoms with van der Waals surface area (Å²) in [5.41, 5.74) is 13.8. The van der Waals surface area contributed by atoms with Crippen LogP contribution in [-0.2, 0) is 5.41 Å². The van der Waals surface area contributed by atoms with E-state index in [0.717, 1.165) is 39.9 Å². The molecule has 2 aliphatic heterocycles. The zero-order valence-electron chi connectivity index (χ0n) is 31.3. The van der Waals surface area contributed by atoms with Gasteiger partial charge >= 0.3 is 0 Å². The molecule has 0 saturated heterocycles. The highest BCUT2D eigenvalue weighted by molar-refractivity contribution is 6.07. The molecule has 2 aliphatic rings. The number of hydrogen-bond donors (Lipinski definition) is 0. The summed E-state index contributed by atoms with van der Waals surface area (Å²) in [6.07, 6.45) is 0. The van der Waals surface area contributed by atoms with Crippen LogP contribution in [0.25, 0.3) is 43.8 Å². The molecule has 56 heavy (non-hydrogen) atoms. The zero-order chi connectivity index (χ0) is 37.4. The predicted octanol–water partition coefficient (Wildman–Crippen LogP) is 15.0. The van der Waals surface area contributed by atoms with Crippen LogP contribution in [0, 0.1) is 0 Å². The lowest BCUT2D eigenvalue weighted by molar-refractivity contribution is 0.472. The predicted molar refractivity (Wildman–Crippen MR) is 234 cm³/mol. The molecule has 0 saturated carbocycles. The number of para-hydroxylation sites is 1. The van der Waals surface area contributed by atoms with Gasteiger partial charge in [-0.2, -0.15) is 0 Å². The highest BCUT2D eigenvalue weighted by Gasteiger charge is 2.43. The van der Waals surface area contributed by atoms with Gasteiger partial charge in [-0.25, -0.2) is 0 Å². The fourth-order valence-corrected chi connectivity index (χ4v) is 9.15. The Bertz CT molecular complexity index is 2960. The van der Waals surface area contributed by atoms with Crippen LogP contribution in [0.3, 0.4) is 0 Å². The van der Waals surface area contributed by atoms with Crippen molar-refractivity contribution in [1.29, 1.82) is 0 Å². The average molecular weight is 719 g/mol. The Balaban J connectivity index is 1.07. The number of benzene rings is 9. The number of anilines is 6. The van der Waals surface area contributed by atoms with Crippen molar-refractivity contribution in [2.24, 2.45) is 0 Å². The highest BCUT2D eigenvalue weighted by atomic mass is 16.5. The van der Waals surface area contributed by atoms with Gasteiger partial charge in [0.25, 0.3) is 0 Å². The minimum absolute atomic E-state index is 0.298. The van der Waals surface area contributed by atoms with Crippen molar-refractivity contribution in [3.05, 3.63) is 205 Å². The van der Waals surface area contributed by atoms with Gasteiger partial charge in [-0.1, -0.05) is 159 Å². The maximum Gasteiger partial charge on any atom is 0.152 e. The molecule has 0 radical (unpaired) electrons. The Labute approximate surface area is 327 Å². The minimum Gasteiger partial charge on any atom is -0.453 e. The van der Waals surface area contributed by atoms with Crippen molar-refractivity contribution >= 4 is 55.7 Å². The van der Waals surface area contributed by atoms with Crippen LogP contribution in [0.15, 0.2) is 194 Å². The molecular weight excluding hydrogens is 681 g/mol. The van der Waals surface area contributed by atoms with Crippen molar-refractivity contribution in [3.8, 4) is 33.8 Å². The summed E-state index contributed by atoms with van der Waals surface area (Å²) >= 11 is 0. The Hall–Kier alpha value is -7.10. The number of ether oxygens (including phenoxy) is 1. The molecule has 11 rings (SSSR count). The molecule has 266 valence electrons. The molecule has 0 spiro atoms. The molecule has 0 aromatic heterocycles. The smallest absolute Gasteiger partial charge is 0.152 e. The average Bonchev–Trinajstić information content (AvgIpc) is 3.26. The summed E-state index contributed by atoms with van der Waals surface area (Å²) in [6.45, 7) is 4.72. The summed E-state index contributed by atoms with van der Waals surface area (Å²) < 4.78 is 6.80. The van der Waals surface area contributed by atoms with Crippen molar-refractivity contribution in [2.75, 3.05) is 9.80 Å². The van der Waals surface area contributed by atoms with Crippen molar-refractivity contribution in [2.45, 2.75) is 19.3 Å². The van der Waals surface area contributed by atoms with Gasteiger partial charge in [0.15, 0.2) is 11.5 Å². The monoisotopic (exact) mass is 718 g/mol. The summed E-state index contributed by atoms with van der Waals surface area (Å²) in [7, 11) is 0. The Morgan fingerprint density at radius 2 is 1.02 bits per heavy atom. The van der Waals surface area contributed by atoms with Gasteiger partial charge in [0.2, 0.25) is 0 Å². The first kappa shape index (κ1) is 32.3. The van der Waals surface area contributed by atoms with Crippen LogP contribution < -0.4 is 14.5 Å². The second kappa shape index (κ2) is 12.5. The summed E-state index contributed by atoms with van der Waals surface area (Å²) in [5.74, 6) is 1.76. The van der Waals surface area contributed by atoms with E-state index in [9.17, 15) is 0 Å². The highest BCUT2D eigenvalue weighted by Crippen LogP contribution is 2.62. The maximum absolute atomic E-state index is 6.80. The fourth-order valence-electron chi connectivity index (χ4n) is 9.15. The van der Waals surface area contributed by atoms with Crippen LogP contribution in [0.5, 0.6) is 11.5 Å². The lowest BCUT2D eigenvalue weighted by atomic mass is 9.70. The molecule has 2 heterocycles. The first-order chi connectivity index (χ1) is 27.5. The molecule has 0 bridgehead atoms.